The molecule has 1 N–H and O–H groups in total. The Kier molecular flexibility index (Phi) is 8.00. The van der Waals surface area contributed by atoms with Crippen molar-refractivity contribution >= 4 is 27.5 Å². The van der Waals surface area contributed by atoms with Crippen LogP contribution < -0.4 is 9.62 Å². The van der Waals surface area contributed by atoms with Crippen molar-refractivity contribution in [2.24, 2.45) is 0 Å². The van der Waals surface area contributed by atoms with Gasteiger partial charge in [-0.05, 0) is 38.5 Å². The highest BCUT2D eigenvalue weighted by atomic mass is 32.2. The highest BCUT2D eigenvalue weighted by Crippen LogP contribution is 2.18. The van der Waals surface area contributed by atoms with Gasteiger partial charge in [-0.15, -0.1) is 0 Å². The number of carbonyl (C=O) groups excluding carboxylic acids is 2. The molecular weight excluding hydrogens is 402 g/mol. The van der Waals surface area contributed by atoms with Gasteiger partial charge in [0.1, 0.15) is 12.6 Å². The maximum atomic E-state index is 13.2. The Morgan fingerprint density at radius 2 is 1.47 bits per heavy atom. The number of carbonyl (C=O) groups is 2. The zero-order valence-corrected chi connectivity index (χ0v) is 18.6. The number of benzene rings is 2. The molecule has 0 saturated heterocycles. The van der Waals surface area contributed by atoms with E-state index < -0.39 is 28.5 Å². The van der Waals surface area contributed by atoms with Gasteiger partial charge in [0.2, 0.25) is 21.8 Å². The number of nitrogens with zero attached hydrogens (tertiary/aromatic N) is 2. The van der Waals surface area contributed by atoms with E-state index in [1.165, 1.54) is 4.90 Å². The van der Waals surface area contributed by atoms with Crippen LogP contribution in [-0.2, 0) is 26.2 Å². The Bertz CT molecular complexity index is 947. The first-order valence-corrected chi connectivity index (χ1v) is 11.6. The van der Waals surface area contributed by atoms with Crippen molar-refractivity contribution in [2.75, 3.05) is 17.1 Å². The Morgan fingerprint density at radius 1 is 0.933 bits per heavy atom. The lowest BCUT2D eigenvalue weighted by atomic mass is 10.1. The smallest absolute Gasteiger partial charge is 0.244 e. The second-order valence-electron chi connectivity index (χ2n) is 7.45. The maximum Gasteiger partial charge on any atom is 0.244 e. The van der Waals surface area contributed by atoms with E-state index in [0.29, 0.717) is 5.69 Å². The summed E-state index contributed by atoms with van der Waals surface area (Å²) in [7, 11) is -3.70. The molecule has 30 heavy (non-hydrogen) atoms. The Balaban J connectivity index is 2.33. The molecule has 0 heterocycles. The zero-order chi connectivity index (χ0) is 22.3. The Morgan fingerprint density at radius 3 is 1.97 bits per heavy atom. The summed E-state index contributed by atoms with van der Waals surface area (Å²) >= 11 is 0. The van der Waals surface area contributed by atoms with Gasteiger partial charge in [-0.1, -0.05) is 48.5 Å². The number of para-hydroxylation sites is 1. The topological polar surface area (TPSA) is 86.8 Å². The molecule has 0 aliphatic carbocycles. The predicted molar refractivity (Wildman–Crippen MR) is 118 cm³/mol. The summed E-state index contributed by atoms with van der Waals surface area (Å²) in [5.41, 5.74) is 1.24. The third kappa shape index (κ3) is 6.59. The molecule has 0 aromatic heterocycles. The molecule has 0 bridgehead atoms. The Hall–Kier alpha value is -2.87. The second kappa shape index (κ2) is 10.2. The summed E-state index contributed by atoms with van der Waals surface area (Å²) < 4.78 is 25.8. The minimum atomic E-state index is -3.70. The average molecular weight is 432 g/mol. The van der Waals surface area contributed by atoms with Gasteiger partial charge in [0.25, 0.3) is 0 Å². The molecule has 0 unspecified atom stereocenters. The molecule has 2 rings (SSSR count). The van der Waals surface area contributed by atoms with Gasteiger partial charge in [-0.25, -0.2) is 8.42 Å². The van der Waals surface area contributed by atoms with Crippen LogP contribution in [0, 0.1) is 0 Å². The molecule has 0 fully saturated rings. The van der Waals surface area contributed by atoms with E-state index in [2.05, 4.69) is 5.32 Å². The Labute approximate surface area is 178 Å². The number of rotatable bonds is 9. The van der Waals surface area contributed by atoms with Gasteiger partial charge in [-0.2, -0.15) is 0 Å². The highest BCUT2D eigenvalue weighted by Gasteiger charge is 2.30. The summed E-state index contributed by atoms with van der Waals surface area (Å²) in [6, 6.07) is 16.9. The molecule has 2 aromatic rings. The van der Waals surface area contributed by atoms with E-state index in [0.717, 1.165) is 16.1 Å². The van der Waals surface area contributed by atoms with Crippen LogP contribution >= 0.6 is 0 Å². The van der Waals surface area contributed by atoms with Gasteiger partial charge in [0, 0.05) is 12.6 Å². The quantitative estimate of drug-likeness (QED) is 0.661. The largest absolute Gasteiger partial charge is 0.352 e. The number of sulfonamides is 1. The standard InChI is InChI=1S/C22H29N3O4S/c1-17(2)23-22(27)18(3)24(15-19-11-7-5-8-12-19)21(26)16-25(30(4,28)29)20-13-9-6-10-14-20/h5-14,17-18H,15-16H2,1-4H3,(H,23,27)/t18-/m1/s1. The van der Waals surface area contributed by atoms with Crippen molar-refractivity contribution in [3.8, 4) is 0 Å². The fourth-order valence-corrected chi connectivity index (χ4v) is 3.83. The summed E-state index contributed by atoms with van der Waals surface area (Å²) in [6.45, 7) is 5.13. The van der Waals surface area contributed by atoms with Crippen LogP contribution in [0.4, 0.5) is 5.69 Å². The van der Waals surface area contributed by atoms with Crippen molar-refractivity contribution in [2.45, 2.75) is 39.4 Å². The number of hydrogen-bond donors (Lipinski definition) is 1. The molecule has 1 atom stereocenters. The number of amides is 2. The van der Waals surface area contributed by atoms with E-state index >= 15 is 0 Å². The molecule has 0 aliphatic heterocycles. The van der Waals surface area contributed by atoms with Gasteiger partial charge in [0.15, 0.2) is 0 Å². The summed E-state index contributed by atoms with van der Waals surface area (Å²) in [6.07, 6.45) is 1.06. The van der Waals surface area contributed by atoms with E-state index in [9.17, 15) is 18.0 Å². The van der Waals surface area contributed by atoms with E-state index in [1.807, 2.05) is 44.2 Å². The molecule has 2 aromatic carbocycles. The average Bonchev–Trinajstić information content (AvgIpc) is 2.69. The molecule has 7 nitrogen and oxygen atoms in total. The van der Waals surface area contributed by atoms with E-state index in [1.54, 1.807) is 37.3 Å². The van der Waals surface area contributed by atoms with Gasteiger partial charge in [-0.3, -0.25) is 13.9 Å². The fourth-order valence-electron chi connectivity index (χ4n) is 2.98. The minimum absolute atomic E-state index is 0.0783. The number of anilines is 1. The second-order valence-corrected chi connectivity index (χ2v) is 9.36. The number of hydrogen-bond acceptors (Lipinski definition) is 4. The summed E-state index contributed by atoms with van der Waals surface area (Å²) in [5, 5.41) is 2.81. The van der Waals surface area contributed by atoms with Crippen molar-refractivity contribution in [3.05, 3.63) is 66.2 Å². The maximum absolute atomic E-state index is 13.2. The molecule has 0 saturated carbocycles. The van der Waals surface area contributed by atoms with E-state index in [-0.39, 0.29) is 18.5 Å². The molecule has 8 heteroatoms. The third-order valence-corrected chi connectivity index (χ3v) is 5.66. The van der Waals surface area contributed by atoms with Crippen LogP contribution in [0.3, 0.4) is 0 Å². The van der Waals surface area contributed by atoms with Crippen molar-refractivity contribution in [1.82, 2.24) is 10.2 Å². The SMILES string of the molecule is CC(C)NC(=O)[C@@H](C)N(Cc1ccccc1)C(=O)CN(c1ccccc1)S(C)(=O)=O. The molecule has 0 aliphatic rings. The molecular formula is C22H29N3O4S. The normalized spacial score (nSPS) is 12.3. The van der Waals surface area contributed by atoms with Crippen LogP contribution in [0.5, 0.6) is 0 Å². The number of nitrogens with one attached hydrogen (secondary N) is 1. The predicted octanol–water partition coefficient (Wildman–Crippen LogP) is 2.39. The molecule has 0 spiro atoms. The lowest BCUT2D eigenvalue weighted by molar-refractivity contribution is -0.139. The zero-order valence-electron chi connectivity index (χ0n) is 17.8. The van der Waals surface area contributed by atoms with Gasteiger partial charge >= 0.3 is 0 Å². The molecule has 2 amide bonds. The fraction of sp³-hybridized carbons (Fsp3) is 0.364. The van der Waals surface area contributed by atoms with E-state index in [4.69, 9.17) is 0 Å². The van der Waals surface area contributed by atoms with Gasteiger partial charge in [0.05, 0.1) is 11.9 Å². The van der Waals surface area contributed by atoms with Crippen molar-refractivity contribution in [3.63, 3.8) is 0 Å². The molecule has 162 valence electrons. The summed E-state index contributed by atoms with van der Waals surface area (Å²) in [4.78, 5) is 27.3. The van der Waals surface area contributed by atoms with Crippen LogP contribution in [0.1, 0.15) is 26.3 Å². The molecule has 0 radical (unpaired) electrons. The first-order chi connectivity index (χ1) is 14.1. The first kappa shape index (κ1) is 23.4. The van der Waals surface area contributed by atoms with Crippen LogP contribution in [0.15, 0.2) is 60.7 Å². The monoisotopic (exact) mass is 431 g/mol. The van der Waals surface area contributed by atoms with Crippen LogP contribution in [0.25, 0.3) is 0 Å². The summed E-state index contributed by atoms with van der Waals surface area (Å²) in [5.74, 6) is -0.751. The lowest BCUT2D eigenvalue weighted by Crippen LogP contribution is -2.52. The lowest BCUT2D eigenvalue weighted by Gasteiger charge is -2.31. The third-order valence-electron chi connectivity index (χ3n) is 4.52. The minimum Gasteiger partial charge on any atom is -0.352 e. The van der Waals surface area contributed by atoms with Crippen molar-refractivity contribution < 1.29 is 18.0 Å². The highest BCUT2D eigenvalue weighted by molar-refractivity contribution is 7.92. The van der Waals surface area contributed by atoms with Crippen LogP contribution in [-0.4, -0.2) is 50.0 Å². The van der Waals surface area contributed by atoms with Crippen molar-refractivity contribution in [1.29, 1.82) is 0 Å². The van der Waals surface area contributed by atoms with Gasteiger partial charge < -0.3 is 10.2 Å². The van der Waals surface area contributed by atoms with Crippen LogP contribution in [0.2, 0.25) is 0 Å². The first-order valence-electron chi connectivity index (χ1n) is 9.76.